The van der Waals surface area contributed by atoms with E-state index in [1.807, 2.05) is 66.9 Å². The number of amidine groups is 2. The van der Waals surface area contributed by atoms with Gasteiger partial charge < -0.3 is 4.90 Å². The molecule has 0 amide bonds. The van der Waals surface area contributed by atoms with E-state index in [9.17, 15) is 0 Å². The third-order valence-corrected chi connectivity index (χ3v) is 9.99. The van der Waals surface area contributed by atoms with Gasteiger partial charge in [0, 0.05) is 40.2 Å². The number of nitrogens with one attached hydrogen (secondary N) is 1. The second kappa shape index (κ2) is 13.0. The molecule has 0 radical (unpaired) electrons. The summed E-state index contributed by atoms with van der Waals surface area (Å²) in [5.41, 5.74) is 11.2. The highest BCUT2D eigenvalue weighted by Crippen LogP contribution is 2.55. The van der Waals surface area contributed by atoms with Gasteiger partial charge in [0.15, 0.2) is 11.7 Å². The molecule has 1 N–H and O–H groups in total. The summed E-state index contributed by atoms with van der Waals surface area (Å²) < 4.78 is 0. The van der Waals surface area contributed by atoms with Crippen molar-refractivity contribution in [2.24, 2.45) is 9.98 Å². The number of para-hydroxylation sites is 1. The monoisotopic (exact) mass is 654 g/mol. The van der Waals surface area contributed by atoms with Crippen LogP contribution in [-0.4, -0.2) is 17.9 Å². The van der Waals surface area contributed by atoms with Gasteiger partial charge in [-0.25, -0.2) is 9.98 Å². The SMILES string of the molecule is N=C(/N=C(\N=C\c1ccc2ccccc2c1-c1ccc(N2c3ccccc3C3C=Cc4ccccc4C32)cc1)c1ccccc1)c1ccccc1. The van der Waals surface area contributed by atoms with Crippen LogP contribution in [-0.2, 0) is 0 Å². The fraction of sp³-hybridized carbons (Fsp3) is 0.0426. The highest BCUT2D eigenvalue weighted by molar-refractivity contribution is 6.15. The molecule has 9 rings (SSSR count). The van der Waals surface area contributed by atoms with Gasteiger partial charge in [-0.1, -0.05) is 164 Å². The number of anilines is 2. The first-order valence-corrected chi connectivity index (χ1v) is 17.3. The third kappa shape index (κ3) is 5.57. The molecule has 4 heteroatoms. The van der Waals surface area contributed by atoms with Gasteiger partial charge >= 0.3 is 0 Å². The molecule has 1 heterocycles. The molecule has 51 heavy (non-hydrogen) atoms. The van der Waals surface area contributed by atoms with Crippen molar-refractivity contribution in [2.75, 3.05) is 4.90 Å². The summed E-state index contributed by atoms with van der Waals surface area (Å²) in [6.45, 7) is 0. The van der Waals surface area contributed by atoms with Crippen molar-refractivity contribution in [1.82, 2.24) is 0 Å². The molecule has 7 aromatic carbocycles. The topological polar surface area (TPSA) is 51.8 Å². The van der Waals surface area contributed by atoms with Crippen LogP contribution < -0.4 is 4.90 Å². The lowest BCUT2D eigenvalue weighted by Crippen LogP contribution is -2.23. The van der Waals surface area contributed by atoms with Crippen LogP contribution in [0.4, 0.5) is 11.4 Å². The van der Waals surface area contributed by atoms with Crippen LogP contribution in [0, 0.1) is 5.41 Å². The minimum absolute atomic E-state index is 0.169. The summed E-state index contributed by atoms with van der Waals surface area (Å²) >= 11 is 0. The second-order valence-electron chi connectivity index (χ2n) is 13.0. The molecule has 242 valence electrons. The molecule has 0 spiro atoms. The Morgan fingerprint density at radius 3 is 2.08 bits per heavy atom. The summed E-state index contributed by atoms with van der Waals surface area (Å²) in [6, 6.07) is 59.0. The summed E-state index contributed by atoms with van der Waals surface area (Å²) in [4.78, 5) is 12.2. The number of hydrogen-bond acceptors (Lipinski definition) is 2. The molecular weight excluding hydrogens is 621 g/mol. The van der Waals surface area contributed by atoms with Crippen LogP contribution in [0.2, 0.25) is 0 Å². The number of fused-ring (bicyclic) bond motifs is 6. The Morgan fingerprint density at radius 2 is 1.27 bits per heavy atom. The van der Waals surface area contributed by atoms with E-state index < -0.39 is 0 Å². The standard InChI is InChI=1S/C47H34N4/c48-46(35-15-3-1-4-16-35)50-47(36-17-5-2-6-18-36)49-31-37-24-23-32-13-7-9-19-39(32)44(37)34-25-28-38(29-26-34)51-43-22-12-11-21-41(43)42-30-27-33-14-8-10-20-40(33)45(42)51/h1-31,42,45,48H/b48-46?,49-31+,50-47-. The van der Waals surface area contributed by atoms with Crippen molar-refractivity contribution < 1.29 is 0 Å². The fourth-order valence-corrected chi connectivity index (χ4v) is 7.61. The molecule has 4 nitrogen and oxygen atoms in total. The zero-order valence-corrected chi connectivity index (χ0v) is 27.9. The Bertz CT molecular complexity index is 2500. The maximum atomic E-state index is 8.74. The predicted octanol–water partition coefficient (Wildman–Crippen LogP) is 11.4. The van der Waals surface area contributed by atoms with Crippen LogP contribution in [0.5, 0.6) is 0 Å². The first-order chi connectivity index (χ1) is 25.2. The highest BCUT2D eigenvalue weighted by atomic mass is 15.2. The highest BCUT2D eigenvalue weighted by Gasteiger charge is 2.41. The predicted molar refractivity (Wildman–Crippen MR) is 213 cm³/mol. The molecule has 0 saturated heterocycles. The van der Waals surface area contributed by atoms with E-state index in [1.54, 1.807) is 0 Å². The van der Waals surface area contributed by atoms with Gasteiger partial charge in [-0.15, -0.1) is 0 Å². The van der Waals surface area contributed by atoms with E-state index in [1.165, 1.54) is 27.8 Å². The van der Waals surface area contributed by atoms with Crippen molar-refractivity contribution in [3.05, 3.63) is 209 Å². The van der Waals surface area contributed by atoms with E-state index in [-0.39, 0.29) is 11.9 Å². The first-order valence-electron chi connectivity index (χ1n) is 17.3. The van der Waals surface area contributed by atoms with Crippen molar-refractivity contribution in [1.29, 1.82) is 5.41 Å². The second-order valence-corrected chi connectivity index (χ2v) is 13.0. The summed E-state index contributed by atoms with van der Waals surface area (Å²) in [6.07, 6.45) is 6.55. The molecule has 2 unspecified atom stereocenters. The molecule has 1 aliphatic heterocycles. The van der Waals surface area contributed by atoms with Crippen molar-refractivity contribution >= 4 is 46.1 Å². The fourth-order valence-electron chi connectivity index (χ4n) is 7.61. The van der Waals surface area contributed by atoms with Crippen LogP contribution in [0.3, 0.4) is 0 Å². The molecule has 0 fully saturated rings. The Hall–Kier alpha value is -6.65. The third-order valence-electron chi connectivity index (χ3n) is 9.99. The van der Waals surface area contributed by atoms with Gasteiger partial charge in [0.1, 0.15) is 0 Å². The normalized spacial score (nSPS) is 16.2. The number of hydrogen-bond donors (Lipinski definition) is 1. The lowest BCUT2D eigenvalue weighted by atomic mass is 9.83. The molecule has 7 aromatic rings. The summed E-state index contributed by atoms with van der Waals surface area (Å²) in [5, 5.41) is 11.1. The molecule has 0 saturated carbocycles. The average Bonchev–Trinajstić information content (AvgIpc) is 3.55. The quantitative estimate of drug-likeness (QED) is 0.146. The minimum Gasteiger partial charge on any atom is -0.333 e. The lowest BCUT2D eigenvalue weighted by Gasteiger charge is -2.33. The van der Waals surface area contributed by atoms with Crippen molar-refractivity contribution in [3.63, 3.8) is 0 Å². The first kappa shape index (κ1) is 30.4. The van der Waals surface area contributed by atoms with Crippen molar-refractivity contribution in [3.8, 4) is 11.1 Å². The average molecular weight is 655 g/mol. The van der Waals surface area contributed by atoms with Gasteiger partial charge in [-0.2, -0.15) is 0 Å². The van der Waals surface area contributed by atoms with E-state index >= 15 is 0 Å². The molecular formula is C47H34N4. The maximum absolute atomic E-state index is 8.74. The Morgan fingerprint density at radius 1 is 0.608 bits per heavy atom. The number of benzene rings is 7. The molecule has 2 atom stereocenters. The van der Waals surface area contributed by atoms with Gasteiger partial charge in [0.25, 0.3) is 0 Å². The van der Waals surface area contributed by atoms with E-state index in [2.05, 4.69) is 126 Å². The Kier molecular flexibility index (Phi) is 7.75. The van der Waals surface area contributed by atoms with Gasteiger partial charge in [0.05, 0.1) is 6.04 Å². The number of nitrogens with zero attached hydrogens (tertiary/aromatic N) is 3. The zero-order valence-electron chi connectivity index (χ0n) is 27.9. The van der Waals surface area contributed by atoms with Gasteiger partial charge in [-0.05, 0) is 56.8 Å². The zero-order chi connectivity index (χ0) is 34.1. The summed E-state index contributed by atoms with van der Waals surface area (Å²) in [5.74, 6) is 0.950. The van der Waals surface area contributed by atoms with Crippen LogP contribution in [0.15, 0.2) is 186 Å². The van der Waals surface area contributed by atoms with Crippen LogP contribution >= 0.6 is 0 Å². The lowest BCUT2D eigenvalue weighted by molar-refractivity contribution is 0.667. The molecule has 0 aromatic heterocycles. The largest absolute Gasteiger partial charge is 0.333 e. The summed E-state index contributed by atoms with van der Waals surface area (Å²) in [7, 11) is 0. The molecule has 2 aliphatic rings. The Balaban J connectivity index is 1.13. The Labute approximate surface area is 297 Å². The van der Waals surface area contributed by atoms with E-state index in [0.29, 0.717) is 11.8 Å². The van der Waals surface area contributed by atoms with Crippen molar-refractivity contribution in [2.45, 2.75) is 12.0 Å². The smallest absolute Gasteiger partial charge is 0.161 e. The van der Waals surface area contributed by atoms with Gasteiger partial charge in [0.2, 0.25) is 0 Å². The minimum atomic E-state index is 0.169. The maximum Gasteiger partial charge on any atom is 0.161 e. The van der Waals surface area contributed by atoms with E-state index in [0.717, 1.165) is 38.9 Å². The van der Waals surface area contributed by atoms with E-state index in [4.69, 9.17) is 15.4 Å². The number of aliphatic imine (C=N–C) groups is 2. The number of rotatable bonds is 5. The van der Waals surface area contributed by atoms with Crippen LogP contribution in [0.1, 0.15) is 45.3 Å². The van der Waals surface area contributed by atoms with Crippen LogP contribution in [0.25, 0.3) is 28.0 Å². The van der Waals surface area contributed by atoms with Gasteiger partial charge in [-0.3, -0.25) is 5.41 Å². The molecule has 0 bridgehead atoms. The molecule has 1 aliphatic carbocycles.